The number of ketones is 1. The zero-order valence-corrected chi connectivity index (χ0v) is 21.9. The summed E-state index contributed by atoms with van der Waals surface area (Å²) >= 11 is 0. The van der Waals surface area contributed by atoms with Crippen LogP contribution >= 0.6 is 0 Å². The Morgan fingerprint density at radius 1 is 0.921 bits per heavy atom. The number of Topliss-reactive ketones (excluding diaryl/α,β-unsaturated/α-hetero) is 1. The quantitative estimate of drug-likeness (QED) is 0.212. The van der Waals surface area contributed by atoms with Crippen molar-refractivity contribution in [2.24, 2.45) is 0 Å². The van der Waals surface area contributed by atoms with E-state index < -0.39 is 17.7 Å². The Morgan fingerprint density at radius 2 is 1.63 bits per heavy atom. The number of rotatable bonds is 12. The van der Waals surface area contributed by atoms with Gasteiger partial charge in [0.25, 0.3) is 11.7 Å². The highest BCUT2D eigenvalue weighted by atomic mass is 16.5. The predicted molar refractivity (Wildman–Crippen MR) is 142 cm³/mol. The van der Waals surface area contributed by atoms with Crippen LogP contribution in [0.15, 0.2) is 66.8 Å². The van der Waals surface area contributed by atoms with Crippen LogP contribution in [-0.2, 0) is 16.1 Å². The van der Waals surface area contributed by atoms with Gasteiger partial charge < -0.3 is 28.8 Å². The number of aryl methyl sites for hydroxylation is 1. The third kappa shape index (κ3) is 5.66. The number of hydrogen-bond donors (Lipinski definition) is 1. The number of amides is 1. The molecule has 0 aliphatic carbocycles. The Kier molecular flexibility index (Phi) is 8.68. The summed E-state index contributed by atoms with van der Waals surface area (Å²) in [6, 6.07) is 11.3. The van der Waals surface area contributed by atoms with Crippen LogP contribution in [0.3, 0.4) is 0 Å². The molecule has 1 fully saturated rings. The first-order valence-electron chi connectivity index (χ1n) is 12.8. The van der Waals surface area contributed by atoms with Crippen LogP contribution in [-0.4, -0.2) is 57.6 Å². The number of carbonyl (C=O) groups is 2. The van der Waals surface area contributed by atoms with Gasteiger partial charge in [-0.15, -0.1) is 0 Å². The maximum atomic E-state index is 13.4. The molecule has 3 aromatic rings. The van der Waals surface area contributed by atoms with Crippen LogP contribution in [0.5, 0.6) is 17.2 Å². The number of likely N-dealkylation sites (tertiary alicyclic amines) is 1. The lowest BCUT2D eigenvalue weighted by atomic mass is 9.95. The molecule has 1 aliphatic rings. The van der Waals surface area contributed by atoms with E-state index in [4.69, 9.17) is 14.2 Å². The molecule has 0 saturated carbocycles. The number of aliphatic hydroxyl groups is 1. The summed E-state index contributed by atoms with van der Waals surface area (Å²) in [4.78, 5) is 32.2. The standard InChI is InChI=1S/C29H33N3O6/c1-4-36-22-11-8-20(9-12-22)27(33)25-26(21-10-13-23(37-5-2)24(18-21)38-6-3)32(29(35)28(25)34)16-7-15-31-17-14-30-19-31/h8-14,17-19,26,33H,4-7,15-16H2,1-3H3. The van der Waals surface area contributed by atoms with Crippen LogP contribution in [0.25, 0.3) is 5.76 Å². The summed E-state index contributed by atoms with van der Waals surface area (Å²) in [5.41, 5.74) is 1.10. The van der Waals surface area contributed by atoms with E-state index in [0.717, 1.165) is 0 Å². The van der Waals surface area contributed by atoms with Crippen molar-refractivity contribution in [2.45, 2.75) is 39.8 Å². The number of benzene rings is 2. The molecule has 0 bridgehead atoms. The zero-order chi connectivity index (χ0) is 27.1. The molecule has 9 nitrogen and oxygen atoms in total. The van der Waals surface area contributed by atoms with Gasteiger partial charge in [0.05, 0.1) is 37.8 Å². The van der Waals surface area contributed by atoms with Crippen LogP contribution in [0.2, 0.25) is 0 Å². The number of carbonyl (C=O) groups excluding carboxylic acids is 2. The Bertz CT molecular complexity index is 1280. The summed E-state index contributed by atoms with van der Waals surface area (Å²) in [6.45, 7) is 7.97. The van der Waals surface area contributed by atoms with Gasteiger partial charge in [0.2, 0.25) is 0 Å². The Labute approximate surface area is 222 Å². The van der Waals surface area contributed by atoms with Crippen molar-refractivity contribution in [1.82, 2.24) is 14.5 Å². The highest BCUT2D eigenvalue weighted by Crippen LogP contribution is 2.42. The molecule has 38 heavy (non-hydrogen) atoms. The average Bonchev–Trinajstić information content (AvgIpc) is 3.52. The molecule has 2 heterocycles. The minimum atomic E-state index is -0.792. The Morgan fingerprint density at radius 3 is 2.29 bits per heavy atom. The van der Waals surface area contributed by atoms with Gasteiger partial charge in [0, 0.05) is 31.0 Å². The molecule has 9 heteroatoms. The van der Waals surface area contributed by atoms with Crippen LogP contribution in [0.1, 0.15) is 44.4 Å². The van der Waals surface area contributed by atoms with Gasteiger partial charge in [-0.05, 0) is 69.2 Å². The number of aliphatic hydroxyl groups excluding tert-OH is 1. The second-order valence-corrected chi connectivity index (χ2v) is 8.68. The van der Waals surface area contributed by atoms with E-state index in [1.165, 1.54) is 4.90 Å². The van der Waals surface area contributed by atoms with Crippen LogP contribution < -0.4 is 14.2 Å². The number of imidazole rings is 1. The zero-order valence-electron chi connectivity index (χ0n) is 21.9. The molecule has 0 radical (unpaired) electrons. The van der Waals surface area contributed by atoms with E-state index in [1.54, 1.807) is 55.0 Å². The number of aromatic nitrogens is 2. The molecule has 1 unspecified atom stereocenters. The highest BCUT2D eigenvalue weighted by Gasteiger charge is 2.46. The molecule has 1 amide bonds. The molecule has 1 aromatic heterocycles. The molecule has 200 valence electrons. The van der Waals surface area contributed by atoms with Gasteiger partial charge in [0.15, 0.2) is 11.5 Å². The number of ether oxygens (including phenoxy) is 3. The Balaban J connectivity index is 1.76. The molecule has 4 rings (SSSR count). The van der Waals surface area contributed by atoms with E-state index in [0.29, 0.717) is 67.7 Å². The minimum absolute atomic E-state index is 0.0356. The normalized spacial score (nSPS) is 16.6. The lowest BCUT2D eigenvalue weighted by molar-refractivity contribution is -0.139. The first kappa shape index (κ1) is 26.8. The molecule has 0 spiro atoms. The van der Waals surface area contributed by atoms with E-state index in [9.17, 15) is 14.7 Å². The van der Waals surface area contributed by atoms with Crippen molar-refractivity contribution in [1.29, 1.82) is 0 Å². The van der Waals surface area contributed by atoms with E-state index in [2.05, 4.69) is 4.98 Å². The molecular formula is C29H33N3O6. The summed E-state index contributed by atoms with van der Waals surface area (Å²) in [6.07, 6.45) is 5.84. The van der Waals surface area contributed by atoms with Crippen molar-refractivity contribution in [3.63, 3.8) is 0 Å². The maximum Gasteiger partial charge on any atom is 0.295 e. The fourth-order valence-electron chi connectivity index (χ4n) is 4.57. The third-order valence-corrected chi connectivity index (χ3v) is 6.24. The lowest BCUT2D eigenvalue weighted by Crippen LogP contribution is -2.31. The average molecular weight is 520 g/mol. The van der Waals surface area contributed by atoms with Gasteiger partial charge in [-0.2, -0.15) is 0 Å². The molecule has 1 N–H and O–H groups in total. The van der Waals surface area contributed by atoms with Crippen LogP contribution in [0, 0.1) is 0 Å². The monoisotopic (exact) mass is 519 g/mol. The van der Waals surface area contributed by atoms with Crippen molar-refractivity contribution in [2.75, 3.05) is 26.4 Å². The smallest absolute Gasteiger partial charge is 0.295 e. The van der Waals surface area contributed by atoms with Crippen molar-refractivity contribution in [3.8, 4) is 17.2 Å². The Hall–Kier alpha value is -4.27. The first-order chi connectivity index (χ1) is 18.5. The maximum absolute atomic E-state index is 13.4. The first-order valence-corrected chi connectivity index (χ1v) is 12.8. The topological polar surface area (TPSA) is 103 Å². The van der Waals surface area contributed by atoms with Crippen LogP contribution in [0.4, 0.5) is 0 Å². The summed E-state index contributed by atoms with van der Waals surface area (Å²) in [5, 5.41) is 11.3. The van der Waals surface area contributed by atoms with E-state index >= 15 is 0 Å². The van der Waals surface area contributed by atoms with Gasteiger partial charge in [-0.1, -0.05) is 6.07 Å². The van der Waals surface area contributed by atoms with Crippen molar-refractivity contribution in [3.05, 3.63) is 77.9 Å². The fourth-order valence-corrected chi connectivity index (χ4v) is 4.57. The van der Waals surface area contributed by atoms with Gasteiger partial charge >= 0.3 is 0 Å². The highest BCUT2D eigenvalue weighted by molar-refractivity contribution is 6.46. The molecule has 1 atom stereocenters. The predicted octanol–water partition coefficient (Wildman–Crippen LogP) is 4.59. The summed E-state index contributed by atoms with van der Waals surface area (Å²) in [7, 11) is 0. The summed E-state index contributed by atoms with van der Waals surface area (Å²) in [5.74, 6) is 0.114. The van der Waals surface area contributed by atoms with Gasteiger partial charge in [-0.3, -0.25) is 9.59 Å². The third-order valence-electron chi connectivity index (χ3n) is 6.24. The second kappa shape index (κ2) is 12.3. The number of hydrogen-bond acceptors (Lipinski definition) is 7. The second-order valence-electron chi connectivity index (χ2n) is 8.68. The fraction of sp³-hybridized carbons (Fsp3) is 0.345. The van der Waals surface area contributed by atoms with Crippen molar-refractivity contribution >= 4 is 17.4 Å². The van der Waals surface area contributed by atoms with Crippen molar-refractivity contribution < 1.29 is 28.9 Å². The number of nitrogens with zero attached hydrogens (tertiary/aromatic N) is 3. The largest absolute Gasteiger partial charge is 0.507 e. The van der Waals surface area contributed by atoms with Gasteiger partial charge in [-0.25, -0.2) is 4.98 Å². The molecule has 1 aliphatic heterocycles. The van der Waals surface area contributed by atoms with Gasteiger partial charge in [0.1, 0.15) is 11.5 Å². The lowest BCUT2D eigenvalue weighted by Gasteiger charge is -2.26. The molecule has 2 aromatic carbocycles. The SMILES string of the molecule is CCOc1ccc(C(O)=C2C(=O)C(=O)N(CCCn3ccnc3)C2c2ccc(OCC)c(OCC)c2)cc1. The minimum Gasteiger partial charge on any atom is -0.507 e. The molecule has 1 saturated heterocycles. The summed E-state index contributed by atoms with van der Waals surface area (Å²) < 4.78 is 18.9. The van der Waals surface area contributed by atoms with E-state index in [1.807, 2.05) is 31.5 Å². The van der Waals surface area contributed by atoms with E-state index in [-0.39, 0.29) is 11.3 Å². The molecular weight excluding hydrogens is 486 g/mol.